The molecule has 0 aliphatic heterocycles. The molecule has 0 bridgehead atoms. The molecule has 0 aliphatic rings. The fraction of sp³-hybridized carbons (Fsp3) is 0.333. The van der Waals surface area contributed by atoms with Crippen LogP contribution in [0.3, 0.4) is 0 Å². The van der Waals surface area contributed by atoms with Gasteiger partial charge in [0, 0.05) is 6.54 Å². The van der Waals surface area contributed by atoms with Gasteiger partial charge in [-0.05, 0) is 32.1 Å². The maximum Gasteiger partial charge on any atom is 0.115 e. The number of rotatable bonds is 6. The Kier molecular flexibility index (Phi) is 6.90. The second kappa shape index (κ2) is 8.18. The van der Waals surface area contributed by atoms with Gasteiger partial charge in [0.05, 0.1) is 6.61 Å². The molecule has 2 nitrogen and oxygen atoms in total. The van der Waals surface area contributed by atoms with E-state index >= 15 is 0 Å². The van der Waals surface area contributed by atoms with Crippen molar-refractivity contribution in [1.82, 2.24) is 4.90 Å². The summed E-state index contributed by atoms with van der Waals surface area (Å²) in [6.45, 7) is 3.76. The number of hydrogen-bond donors (Lipinski definition) is 0. The van der Waals surface area contributed by atoms with E-state index in [1.807, 2.05) is 12.1 Å². The van der Waals surface area contributed by atoms with Crippen LogP contribution < -0.4 is 0 Å². The summed E-state index contributed by atoms with van der Waals surface area (Å²) in [6, 6.07) is 20.8. The van der Waals surface area contributed by atoms with Gasteiger partial charge in [-0.1, -0.05) is 60.7 Å². The van der Waals surface area contributed by atoms with Gasteiger partial charge < -0.3 is 9.64 Å². The largest absolute Gasteiger partial charge is 0.365 e. The first-order valence-corrected chi connectivity index (χ1v) is 7.02. The zero-order chi connectivity index (χ0) is 14.4. The fourth-order valence-corrected chi connectivity index (χ4v) is 2.28. The molecule has 0 heterocycles. The zero-order valence-corrected chi connectivity index (χ0v) is 13.8. The van der Waals surface area contributed by atoms with Gasteiger partial charge in [0.25, 0.3) is 0 Å². The summed E-state index contributed by atoms with van der Waals surface area (Å²) in [6.07, 6.45) is 0. The second-order valence-corrected chi connectivity index (χ2v) is 5.42. The summed E-state index contributed by atoms with van der Waals surface area (Å²) >= 11 is 0. The lowest BCUT2D eigenvalue weighted by Crippen LogP contribution is -2.31. The van der Waals surface area contributed by atoms with E-state index in [0.29, 0.717) is 6.61 Å². The third kappa shape index (κ3) is 4.57. The van der Waals surface area contributed by atoms with E-state index in [2.05, 4.69) is 74.4 Å². The second-order valence-electron chi connectivity index (χ2n) is 5.42. The smallest absolute Gasteiger partial charge is 0.115 e. The van der Waals surface area contributed by atoms with E-state index in [0.717, 1.165) is 6.54 Å². The molecular formula is C18H24ClNO. The molecule has 0 saturated heterocycles. The van der Waals surface area contributed by atoms with E-state index in [1.54, 1.807) is 0 Å². The van der Waals surface area contributed by atoms with Crippen molar-refractivity contribution >= 4 is 12.4 Å². The Morgan fingerprint density at radius 3 is 1.67 bits per heavy atom. The van der Waals surface area contributed by atoms with Gasteiger partial charge in [0.2, 0.25) is 0 Å². The van der Waals surface area contributed by atoms with Gasteiger partial charge in [-0.15, -0.1) is 12.4 Å². The topological polar surface area (TPSA) is 12.5 Å². The molecule has 21 heavy (non-hydrogen) atoms. The predicted molar refractivity (Wildman–Crippen MR) is 91.1 cm³/mol. The molecule has 0 fully saturated rings. The number of hydrogen-bond acceptors (Lipinski definition) is 2. The molecule has 0 N–H and O–H groups in total. The molecule has 3 heteroatoms. The van der Waals surface area contributed by atoms with Gasteiger partial charge in [-0.25, -0.2) is 0 Å². The van der Waals surface area contributed by atoms with Crippen LogP contribution in [0.15, 0.2) is 60.7 Å². The highest BCUT2D eigenvalue weighted by molar-refractivity contribution is 5.85. The highest BCUT2D eigenvalue weighted by Gasteiger charge is 2.29. The minimum Gasteiger partial charge on any atom is -0.365 e. The molecular weight excluding hydrogens is 282 g/mol. The molecule has 0 spiro atoms. The van der Waals surface area contributed by atoms with Gasteiger partial charge in [-0.2, -0.15) is 0 Å². The Hall–Kier alpha value is -1.35. The lowest BCUT2D eigenvalue weighted by molar-refractivity contribution is -0.0101. The molecule has 0 amide bonds. The van der Waals surface area contributed by atoms with Crippen molar-refractivity contribution in [2.75, 3.05) is 27.2 Å². The quantitative estimate of drug-likeness (QED) is 0.801. The molecule has 0 radical (unpaired) electrons. The lowest BCUT2D eigenvalue weighted by Gasteiger charge is -2.31. The maximum atomic E-state index is 6.27. The summed E-state index contributed by atoms with van der Waals surface area (Å²) < 4.78 is 6.27. The summed E-state index contributed by atoms with van der Waals surface area (Å²) in [5.41, 5.74) is 1.97. The predicted octanol–water partition coefficient (Wildman–Crippen LogP) is 3.95. The van der Waals surface area contributed by atoms with Crippen LogP contribution in [0.5, 0.6) is 0 Å². The Balaban J connectivity index is 0.00000220. The van der Waals surface area contributed by atoms with Gasteiger partial charge in [0.1, 0.15) is 5.60 Å². The number of ether oxygens (including phenoxy) is 1. The first-order chi connectivity index (χ1) is 9.63. The van der Waals surface area contributed by atoms with Crippen LogP contribution >= 0.6 is 12.4 Å². The standard InChI is InChI=1S/C18H23NO.ClH/c1-18(20-15-14-19(2)3,16-10-6-4-7-11-16)17-12-8-5-9-13-17;/h4-13H,14-15H2,1-3H3;1H. The molecule has 2 aromatic rings. The molecule has 0 aromatic heterocycles. The fourth-order valence-electron chi connectivity index (χ4n) is 2.28. The summed E-state index contributed by atoms with van der Waals surface area (Å²) in [7, 11) is 4.12. The van der Waals surface area contributed by atoms with Crippen LogP contribution in [-0.4, -0.2) is 32.1 Å². The van der Waals surface area contributed by atoms with Crippen LogP contribution in [-0.2, 0) is 10.3 Å². The first-order valence-electron chi connectivity index (χ1n) is 7.02. The van der Waals surface area contributed by atoms with Crippen molar-refractivity contribution < 1.29 is 4.74 Å². The van der Waals surface area contributed by atoms with Crippen molar-refractivity contribution in [3.8, 4) is 0 Å². The van der Waals surface area contributed by atoms with Crippen LogP contribution in [0, 0.1) is 0 Å². The third-order valence-electron chi connectivity index (χ3n) is 3.58. The first kappa shape index (κ1) is 17.7. The number of halogens is 1. The van der Waals surface area contributed by atoms with E-state index in [1.165, 1.54) is 11.1 Å². The van der Waals surface area contributed by atoms with E-state index < -0.39 is 5.60 Å². The van der Waals surface area contributed by atoms with Crippen molar-refractivity contribution in [2.24, 2.45) is 0 Å². The Labute approximate surface area is 134 Å². The number of benzene rings is 2. The summed E-state index contributed by atoms with van der Waals surface area (Å²) in [4.78, 5) is 2.14. The van der Waals surface area contributed by atoms with Crippen molar-refractivity contribution in [1.29, 1.82) is 0 Å². The van der Waals surface area contributed by atoms with Gasteiger partial charge >= 0.3 is 0 Å². The van der Waals surface area contributed by atoms with Crippen molar-refractivity contribution in [3.05, 3.63) is 71.8 Å². The average Bonchev–Trinajstić information content (AvgIpc) is 2.48. The number of likely N-dealkylation sites (N-methyl/N-ethyl adjacent to an activating group) is 1. The van der Waals surface area contributed by atoms with E-state index in [-0.39, 0.29) is 12.4 Å². The summed E-state index contributed by atoms with van der Waals surface area (Å²) in [5, 5.41) is 0. The molecule has 2 rings (SSSR count). The third-order valence-corrected chi connectivity index (χ3v) is 3.58. The highest BCUT2D eigenvalue weighted by Crippen LogP contribution is 2.32. The Bertz CT molecular complexity index is 474. The molecule has 2 aromatic carbocycles. The van der Waals surface area contributed by atoms with Crippen molar-refractivity contribution in [2.45, 2.75) is 12.5 Å². The molecule has 0 unspecified atom stereocenters. The average molecular weight is 306 g/mol. The maximum absolute atomic E-state index is 6.27. The molecule has 0 saturated carbocycles. The minimum absolute atomic E-state index is 0. The minimum atomic E-state index is -0.404. The van der Waals surface area contributed by atoms with Crippen molar-refractivity contribution in [3.63, 3.8) is 0 Å². The number of nitrogens with zero attached hydrogens (tertiary/aromatic N) is 1. The summed E-state index contributed by atoms with van der Waals surface area (Å²) in [5.74, 6) is 0. The van der Waals surface area contributed by atoms with Crippen LogP contribution in [0.2, 0.25) is 0 Å². The normalized spacial score (nSPS) is 11.2. The van der Waals surface area contributed by atoms with Gasteiger partial charge in [0.15, 0.2) is 0 Å². The monoisotopic (exact) mass is 305 g/mol. The molecule has 0 atom stereocenters. The molecule has 0 aliphatic carbocycles. The SMILES string of the molecule is CN(C)CCOC(C)(c1ccccc1)c1ccccc1.Cl. The van der Waals surface area contributed by atoms with E-state index in [9.17, 15) is 0 Å². The molecule has 114 valence electrons. The Morgan fingerprint density at radius 1 is 0.857 bits per heavy atom. The van der Waals surface area contributed by atoms with E-state index in [4.69, 9.17) is 4.74 Å². The lowest BCUT2D eigenvalue weighted by atomic mass is 9.88. The van der Waals surface area contributed by atoms with Crippen LogP contribution in [0.25, 0.3) is 0 Å². The van der Waals surface area contributed by atoms with Gasteiger partial charge in [-0.3, -0.25) is 0 Å². The zero-order valence-electron chi connectivity index (χ0n) is 13.0. The Morgan fingerprint density at radius 2 is 1.29 bits per heavy atom. The van der Waals surface area contributed by atoms with Crippen LogP contribution in [0.1, 0.15) is 18.1 Å². The highest BCUT2D eigenvalue weighted by atomic mass is 35.5. The van der Waals surface area contributed by atoms with Crippen LogP contribution in [0.4, 0.5) is 0 Å².